The molecule has 47 heavy (non-hydrogen) atoms. The zero-order chi connectivity index (χ0) is 30.9. The van der Waals surface area contributed by atoms with Crippen LogP contribution in [0, 0.1) is 0 Å². The van der Waals surface area contributed by atoms with Gasteiger partial charge in [0.25, 0.3) is 0 Å². The highest BCUT2D eigenvalue weighted by Gasteiger charge is 2.29. The van der Waals surface area contributed by atoms with Crippen LogP contribution in [0.4, 0.5) is 0 Å². The number of rotatable bonds is 2. The minimum atomic E-state index is -0.236. The molecule has 0 unspecified atom stereocenters. The Morgan fingerprint density at radius 3 is 0.830 bits per heavy atom. The summed E-state index contributed by atoms with van der Waals surface area (Å²) in [6.45, 7) is 0. The molecule has 0 N–H and O–H groups in total. The van der Waals surface area contributed by atoms with Gasteiger partial charge in [0.15, 0.2) is 0 Å². The Hall–Kier alpha value is -4.34. The predicted molar refractivity (Wildman–Crippen MR) is 207 cm³/mol. The first kappa shape index (κ1) is 27.7. The molecular formula is C45H34P2. The fraction of sp³-hybridized carbons (Fsp3) is 0.111. The van der Waals surface area contributed by atoms with Crippen LogP contribution in [0.1, 0.15) is 22.3 Å². The van der Waals surface area contributed by atoms with E-state index in [0.717, 1.165) is 0 Å². The molecule has 10 rings (SSSR count). The number of fused-ring (bicyclic) bond motifs is 14. The Kier molecular flexibility index (Phi) is 6.57. The van der Waals surface area contributed by atoms with E-state index in [1.807, 2.05) is 0 Å². The van der Waals surface area contributed by atoms with Crippen LogP contribution in [-0.2, 0) is 24.6 Å². The highest BCUT2D eigenvalue weighted by atomic mass is 31.2. The molecule has 0 spiro atoms. The Morgan fingerprint density at radius 1 is 0.298 bits per heavy atom. The van der Waals surface area contributed by atoms with E-state index >= 15 is 0 Å². The number of hydrogen-bond donors (Lipinski definition) is 0. The van der Waals surface area contributed by atoms with Gasteiger partial charge in [-0.15, -0.1) is 0 Å². The fourth-order valence-electron chi connectivity index (χ4n) is 8.53. The molecule has 2 heterocycles. The Bertz CT molecular complexity index is 2180. The zero-order valence-corrected chi connectivity index (χ0v) is 28.1. The van der Waals surface area contributed by atoms with Crippen molar-refractivity contribution < 1.29 is 0 Å². The van der Waals surface area contributed by atoms with Crippen LogP contribution in [0.25, 0.3) is 65.3 Å². The molecule has 0 amide bonds. The molecule has 0 radical (unpaired) electrons. The summed E-state index contributed by atoms with van der Waals surface area (Å²) in [5.74, 6) is 1.35. The number of benzene rings is 8. The van der Waals surface area contributed by atoms with E-state index in [2.05, 4.69) is 146 Å². The molecule has 0 aliphatic carbocycles. The van der Waals surface area contributed by atoms with Crippen molar-refractivity contribution in [3.05, 3.63) is 168 Å². The Balaban J connectivity index is 1.12. The summed E-state index contributed by atoms with van der Waals surface area (Å²) in [5, 5.41) is 11.0. The van der Waals surface area contributed by atoms with Crippen LogP contribution in [-0.4, -0.2) is 5.90 Å². The van der Waals surface area contributed by atoms with Crippen molar-refractivity contribution >= 4 is 58.9 Å². The summed E-state index contributed by atoms with van der Waals surface area (Å²) in [5.41, 5.74) is 12.1. The molecule has 0 saturated heterocycles. The van der Waals surface area contributed by atoms with Crippen molar-refractivity contribution in [1.29, 1.82) is 0 Å². The highest BCUT2D eigenvalue weighted by Crippen LogP contribution is 2.63. The molecule has 0 aromatic heterocycles. The topological polar surface area (TPSA) is 0 Å². The van der Waals surface area contributed by atoms with Crippen molar-refractivity contribution in [1.82, 2.24) is 0 Å². The molecule has 2 heteroatoms. The largest absolute Gasteiger partial charge is 0.0933 e. The summed E-state index contributed by atoms with van der Waals surface area (Å²) in [6.07, 6.45) is 4.80. The molecule has 0 nitrogen and oxygen atoms in total. The number of hydrogen-bond acceptors (Lipinski definition) is 0. The maximum atomic E-state index is 2.47. The average molecular weight is 637 g/mol. The van der Waals surface area contributed by atoms with Gasteiger partial charge in [-0.3, -0.25) is 0 Å². The lowest BCUT2D eigenvalue weighted by atomic mass is 9.88. The second kappa shape index (κ2) is 11.1. The molecule has 0 bridgehead atoms. The van der Waals surface area contributed by atoms with Crippen molar-refractivity contribution in [3.8, 4) is 22.3 Å². The van der Waals surface area contributed by atoms with Crippen LogP contribution >= 0.6 is 15.8 Å². The summed E-state index contributed by atoms with van der Waals surface area (Å²) < 4.78 is 0. The first-order chi connectivity index (χ1) is 23.3. The van der Waals surface area contributed by atoms with Crippen LogP contribution in [0.3, 0.4) is 0 Å². The third-order valence-corrected chi connectivity index (χ3v) is 16.9. The molecular weight excluding hydrogens is 602 g/mol. The molecule has 0 atom stereocenters. The van der Waals surface area contributed by atoms with Gasteiger partial charge in [0.05, 0.1) is 0 Å². The Morgan fingerprint density at radius 2 is 0.553 bits per heavy atom. The smallest absolute Gasteiger partial charge is 0.00605 e. The summed E-state index contributed by atoms with van der Waals surface area (Å²) in [7, 11) is -0.472. The van der Waals surface area contributed by atoms with Crippen LogP contribution in [0.5, 0.6) is 0 Å². The summed E-state index contributed by atoms with van der Waals surface area (Å²) >= 11 is 0. The molecule has 0 fully saturated rings. The van der Waals surface area contributed by atoms with Gasteiger partial charge < -0.3 is 0 Å². The maximum Gasteiger partial charge on any atom is -0.00605 e. The molecule has 8 aromatic carbocycles. The van der Waals surface area contributed by atoms with Crippen molar-refractivity contribution in [2.24, 2.45) is 0 Å². The van der Waals surface area contributed by atoms with E-state index in [0.29, 0.717) is 0 Å². The van der Waals surface area contributed by atoms with E-state index in [1.54, 1.807) is 22.3 Å². The van der Waals surface area contributed by atoms with Gasteiger partial charge in [-0.05, 0) is 118 Å². The van der Waals surface area contributed by atoms with Gasteiger partial charge in [-0.1, -0.05) is 161 Å². The van der Waals surface area contributed by atoms with E-state index in [4.69, 9.17) is 0 Å². The van der Waals surface area contributed by atoms with Crippen molar-refractivity contribution in [2.75, 3.05) is 5.90 Å². The normalized spacial score (nSPS) is 14.8. The van der Waals surface area contributed by atoms with Crippen LogP contribution < -0.4 is 0 Å². The molecule has 2 aliphatic heterocycles. The lowest BCUT2D eigenvalue weighted by Crippen LogP contribution is -1.95. The lowest BCUT2D eigenvalue weighted by Gasteiger charge is -2.24. The average Bonchev–Trinajstić information content (AvgIpc) is 3.39. The molecule has 224 valence electrons. The van der Waals surface area contributed by atoms with Gasteiger partial charge in [-0.2, -0.15) is 0 Å². The fourth-order valence-corrected chi connectivity index (χ4v) is 15.6. The van der Waals surface area contributed by atoms with Crippen LogP contribution in [0.2, 0.25) is 0 Å². The zero-order valence-electron chi connectivity index (χ0n) is 26.3. The Labute approximate surface area is 278 Å². The van der Waals surface area contributed by atoms with Gasteiger partial charge >= 0.3 is 0 Å². The predicted octanol–water partition coefficient (Wildman–Crippen LogP) is 13.3. The van der Waals surface area contributed by atoms with Crippen molar-refractivity contribution in [3.63, 3.8) is 0 Å². The first-order valence-electron chi connectivity index (χ1n) is 16.8. The second-order valence-corrected chi connectivity index (χ2v) is 18.5. The summed E-state index contributed by atoms with van der Waals surface area (Å²) in [6, 6.07) is 55.5. The maximum absolute atomic E-state index is 2.47. The molecule has 8 aromatic rings. The minimum Gasteiger partial charge on any atom is -0.0933 e. The lowest BCUT2D eigenvalue weighted by molar-refractivity contribution is 1.35. The minimum absolute atomic E-state index is 0.236. The molecule has 2 aliphatic rings. The van der Waals surface area contributed by atoms with Gasteiger partial charge in [0, 0.05) is 0 Å². The van der Waals surface area contributed by atoms with Crippen molar-refractivity contribution in [2.45, 2.75) is 24.6 Å². The first-order valence-corrected chi connectivity index (χ1v) is 20.6. The van der Waals surface area contributed by atoms with E-state index in [9.17, 15) is 0 Å². The summed E-state index contributed by atoms with van der Waals surface area (Å²) in [4.78, 5) is 0. The van der Waals surface area contributed by atoms with E-state index in [1.165, 1.54) is 95.9 Å². The van der Waals surface area contributed by atoms with E-state index in [-0.39, 0.29) is 15.8 Å². The van der Waals surface area contributed by atoms with Gasteiger partial charge in [0.1, 0.15) is 0 Å². The third kappa shape index (κ3) is 4.58. The quantitative estimate of drug-likeness (QED) is 0.166. The highest BCUT2D eigenvalue weighted by molar-refractivity contribution is 7.73. The van der Waals surface area contributed by atoms with Crippen LogP contribution in [0.15, 0.2) is 146 Å². The standard InChI is InChI=1S/C45H34P2/c1-5-13-38-30(9-1)17-21-34-25-46(26-35-22-18-31-10-2-6-14-39(31)43(35)42(34)38)29-47-27-36-23-19-32-11-3-7-15-40(32)44(36)45-37(28-47)24-20-33-12-4-8-16-41(33)45/h1-24H,25-29H2. The van der Waals surface area contributed by atoms with E-state index < -0.39 is 0 Å². The van der Waals surface area contributed by atoms with Gasteiger partial charge in [-0.25, -0.2) is 0 Å². The second-order valence-electron chi connectivity index (χ2n) is 13.4. The monoisotopic (exact) mass is 636 g/mol. The molecule has 0 saturated carbocycles. The third-order valence-electron chi connectivity index (χ3n) is 10.5. The van der Waals surface area contributed by atoms with Gasteiger partial charge in [0.2, 0.25) is 0 Å². The SMILES string of the molecule is c1ccc2c3c(ccc2c1)CP(CP1Cc2ccc4ccccc4c2-c2c(ccc4ccccc24)C1)Cc1ccc2ccccc2c1-3.